The van der Waals surface area contributed by atoms with Crippen molar-refractivity contribution in [1.82, 2.24) is 15.0 Å². The van der Waals surface area contributed by atoms with Gasteiger partial charge in [-0.15, -0.1) is 0 Å². The minimum Gasteiger partial charge on any atom is -0.364 e. The van der Waals surface area contributed by atoms with E-state index >= 15 is 0 Å². The molecule has 0 spiro atoms. The number of aromatic nitrogens is 3. The summed E-state index contributed by atoms with van der Waals surface area (Å²) in [6, 6.07) is 7.03. The first-order valence-electron chi connectivity index (χ1n) is 7.85. The third kappa shape index (κ3) is 2.58. The molecule has 0 saturated carbocycles. The zero-order valence-corrected chi connectivity index (χ0v) is 15.5. The molecule has 0 aliphatic rings. The highest BCUT2D eigenvalue weighted by atomic mass is 27.2. The predicted octanol–water partition coefficient (Wildman–Crippen LogP) is 2.04. The molecule has 0 aliphatic heterocycles. The Morgan fingerprint density at radius 2 is 0.818 bits per heavy atom. The largest absolute Gasteiger partial charge is 0.392 e. The fourth-order valence-electron chi connectivity index (χ4n) is 3.64. The molecule has 3 heterocycles. The van der Waals surface area contributed by atoms with E-state index in [9.17, 15) is 0 Å². The van der Waals surface area contributed by atoms with Gasteiger partial charge in [0.05, 0.1) is 0 Å². The van der Waals surface area contributed by atoms with Crippen LogP contribution in [0.2, 0.25) is 0 Å². The minimum atomic E-state index is -1.46. The number of aromatic amines is 3. The van der Waals surface area contributed by atoms with E-state index in [4.69, 9.17) is 0 Å². The molecular formula is C18H24AlN3. The quantitative estimate of drug-likeness (QED) is 0.620. The number of hydrogen-bond donors (Lipinski definition) is 3. The normalized spacial score (nSPS) is 11.2. The van der Waals surface area contributed by atoms with Crippen molar-refractivity contribution in [3.05, 3.63) is 52.4 Å². The van der Waals surface area contributed by atoms with Crippen LogP contribution in [0.15, 0.2) is 18.2 Å². The highest BCUT2D eigenvalue weighted by Gasteiger charge is 2.32. The van der Waals surface area contributed by atoms with Crippen LogP contribution in [0.5, 0.6) is 0 Å². The van der Waals surface area contributed by atoms with E-state index in [0.717, 1.165) is 0 Å². The SMILES string of the molecule is Cc1c[c]([Al]([c]2cc(C)[nH]c2C)[c]2cc(C)[nH]c2C)c(C)[nH]1. The number of nitrogens with one attached hydrogen (secondary N) is 3. The Morgan fingerprint density at radius 3 is 1.00 bits per heavy atom. The third-order valence-electron chi connectivity index (χ3n) is 4.50. The molecule has 3 rings (SSSR count). The standard InChI is InChI=1S/3C6H8N.Al/c3*1-5-3-4-6(2)7-5;/h3*3,7H,1-2H3;. The summed E-state index contributed by atoms with van der Waals surface area (Å²) >= 11 is -1.46. The topological polar surface area (TPSA) is 47.4 Å². The second kappa shape index (κ2) is 5.53. The molecule has 3 aromatic rings. The summed E-state index contributed by atoms with van der Waals surface area (Å²) in [6.45, 7) is 13.0. The van der Waals surface area contributed by atoms with Gasteiger partial charge in [-0.1, -0.05) is 31.5 Å². The minimum absolute atomic E-state index is 1.25. The summed E-state index contributed by atoms with van der Waals surface area (Å²) in [7, 11) is 0. The molecule has 0 radical (unpaired) electrons. The van der Waals surface area contributed by atoms with Gasteiger partial charge in [0, 0.05) is 17.1 Å². The van der Waals surface area contributed by atoms with Crippen LogP contribution in [0.3, 0.4) is 0 Å². The second-order valence-electron chi connectivity index (χ2n) is 6.53. The molecular weight excluding hydrogens is 285 g/mol. The van der Waals surface area contributed by atoms with E-state index in [1.54, 1.807) is 0 Å². The molecule has 3 nitrogen and oxygen atoms in total. The number of hydrogen-bond acceptors (Lipinski definition) is 0. The molecule has 0 atom stereocenters. The van der Waals surface area contributed by atoms with Gasteiger partial charge in [0.15, 0.2) is 0 Å². The molecule has 0 aromatic carbocycles. The number of rotatable bonds is 3. The van der Waals surface area contributed by atoms with E-state index < -0.39 is 14.1 Å². The van der Waals surface area contributed by atoms with Gasteiger partial charge in [0.25, 0.3) is 0 Å². The van der Waals surface area contributed by atoms with E-state index in [0.29, 0.717) is 0 Å². The van der Waals surface area contributed by atoms with Crippen LogP contribution in [0.1, 0.15) is 34.2 Å². The molecule has 0 unspecified atom stereocenters. The lowest BCUT2D eigenvalue weighted by molar-refractivity contribution is 1.19. The van der Waals surface area contributed by atoms with Crippen molar-refractivity contribution in [2.45, 2.75) is 41.5 Å². The molecule has 3 aromatic heterocycles. The van der Waals surface area contributed by atoms with Gasteiger partial charge in [-0.05, 0) is 58.6 Å². The molecule has 22 heavy (non-hydrogen) atoms. The van der Waals surface area contributed by atoms with E-state index in [1.807, 2.05) is 0 Å². The maximum Gasteiger partial charge on any atom is 0.392 e. The molecule has 4 heteroatoms. The Bertz CT molecular complexity index is 710. The van der Waals surface area contributed by atoms with Crippen LogP contribution < -0.4 is 13.3 Å². The van der Waals surface area contributed by atoms with E-state index in [-0.39, 0.29) is 0 Å². The summed E-state index contributed by atoms with van der Waals surface area (Å²) in [6.07, 6.45) is 0. The summed E-state index contributed by atoms with van der Waals surface area (Å²) in [5.41, 5.74) is 7.68. The Kier molecular flexibility index (Phi) is 3.84. The molecule has 3 N–H and O–H groups in total. The first kappa shape index (κ1) is 15.3. The zero-order valence-electron chi connectivity index (χ0n) is 14.3. The Labute approximate surface area is 136 Å². The van der Waals surface area contributed by atoms with Crippen molar-refractivity contribution in [3.63, 3.8) is 0 Å². The van der Waals surface area contributed by atoms with E-state index in [1.165, 1.54) is 47.4 Å². The molecule has 0 aliphatic carbocycles. The summed E-state index contributed by atoms with van der Waals surface area (Å²) in [5.74, 6) is 0. The molecule has 0 bridgehead atoms. The van der Waals surface area contributed by atoms with Gasteiger partial charge < -0.3 is 15.0 Å². The van der Waals surface area contributed by atoms with Gasteiger partial charge in [0.2, 0.25) is 0 Å². The molecule has 0 saturated heterocycles. The third-order valence-corrected chi connectivity index (χ3v) is 8.17. The lowest BCUT2D eigenvalue weighted by Gasteiger charge is -2.12. The predicted molar refractivity (Wildman–Crippen MR) is 95.5 cm³/mol. The number of aryl methyl sites for hydroxylation is 6. The van der Waals surface area contributed by atoms with E-state index in [2.05, 4.69) is 74.7 Å². The Balaban J connectivity index is 2.25. The van der Waals surface area contributed by atoms with Crippen LogP contribution in [-0.2, 0) is 0 Å². The highest BCUT2D eigenvalue weighted by Crippen LogP contribution is 2.07. The number of H-pyrrole nitrogens is 3. The monoisotopic (exact) mass is 309 g/mol. The van der Waals surface area contributed by atoms with Gasteiger partial charge >= 0.3 is 14.1 Å². The molecule has 114 valence electrons. The summed E-state index contributed by atoms with van der Waals surface area (Å²) < 4.78 is 4.50. The van der Waals surface area contributed by atoms with Crippen molar-refractivity contribution in [3.8, 4) is 0 Å². The van der Waals surface area contributed by atoms with Crippen LogP contribution in [0.25, 0.3) is 0 Å². The maximum atomic E-state index is 3.49. The lowest BCUT2D eigenvalue weighted by atomic mass is 10.4. The van der Waals surface area contributed by atoms with Crippen molar-refractivity contribution < 1.29 is 0 Å². The Morgan fingerprint density at radius 1 is 0.545 bits per heavy atom. The summed E-state index contributed by atoms with van der Waals surface area (Å²) in [5, 5.41) is 0. The fourth-order valence-corrected chi connectivity index (χ4v) is 7.41. The van der Waals surface area contributed by atoms with Crippen LogP contribution >= 0.6 is 0 Å². The van der Waals surface area contributed by atoms with Crippen molar-refractivity contribution in [1.29, 1.82) is 0 Å². The summed E-state index contributed by atoms with van der Waals surface area (Å²) in [4.78, 5) is 10.5. The fraction of sp³-hybridized carbons (Fsp3) is 0.333. The van der Waals surface area contributed by atoms with Crippen LogP contribution in [-0.4, -0.2) is 29.1 Å². The van der Waals surface area contributed by atoms with Crippen LogP contribution in [0.4, 0.5) is 0 Å². The average molecular weight is 309 g/mol. The second-order valence-corrected chi connectivity index (χ2v) is 9.26. The first-order valence-corrected chi connectivity index (χ1v) is 9.58. The van der Waals surface area contributed by atoms with Crippen LogP contribution in [0, 0.1) is 41.5 Å². The van der Waals surface area contributed by atoms with Gasteiger partial charge in [-0.2, -0.15) is 0 Å². The van der Waals surface area contributed by atoms with Gasteiger partial charge in [-0.3, -0.25) is 0 Å². The van der Waals surface area contributed by atoms with Gasteiger partial charge in [-0.25, -0.2) is 0 Å². The maximum absolute atomic E-state index is 3.49. The Hall–Kier alpha value is -1.63. The molecule has 0 amide bonds. The van der Waals surface area contributed by atoms with Crippen molar-refractivity contribution in [2.75, 3.05) is 0 Å². The average Bonchev–Trinajstić information content (AvgIpc) is 3.02. The first-order chi connectivity index (χ1) is 10.4. The lowest BCUT2D eigenvalue weighted by Crippen LogP contribution is -2.53. The molecule has 0 fully saturated rings. The van der Waals surface area contributed by atoms with Crippen molar-refractivity contribution >= 4 is 27.4 Å². The highest BCUT2D eigenvalue weighted by molar-refractivity contribution is 6.96. The zero-order chi connectivity index (χ0) is 16.0. The smallest absolute Gasteiger partial charge is 0.364 e. The van der Waals surface area contributed by atoms with Gasteiger partial charge in [0.1, 0.15) is 0 Å². The van der Waals surface area contributed by atoms with Crippen molar-refractivity contribution in [2.24, 2.45) is 0 Å².